The molecule has 0 bridgehead atoms. The average molecular weight is 221 g/mol. The third-order valence-electron chi connectivity index (χ3n) is 2.08. The lowest BCUT2D eigenvalue weighted by molar-refractivity contribution is 0.0696. The molecule has 0 unspecified atom stereocenters. The van der Waals surface area contributed by atoms with Crippen molar-refractivity contribution >= 4 is 24.2 Å². The number of carbonyl (C=O) groups is 1. The fourth-order valence-electron chi connectivity index (χ4n) is 1.24. The van der Waals surface area contributed by atoms with E-state index in [9.17, 15) is 4.79 Å². The number of rotatable bonds is 3. The number of benzene rings is 1. The Kier molecular flexibility index (Phi) is 3.52. The molecule has 8 heteroatoms. The Morgan fingerprint density at radius 3 is 2.56 bits per heavy atom. The summed E-state index contributed by atoms with van der Waals surface area (Å²) in [5.74, 6) is -1.23. The number of carboxylic acids is 1. The summed E-state index contributed by atoms with van der Waals surface area (Å²) < 4.78 is 0. The van der Waals surface area contributed by atoms with Gasteiger partial charge in [0.1, 0.15) is 0 Å². The first-order chi connectivity index (χ1) is 7.47. The lowest BCUT2D eigenvalue weighted by Crippen LogP contribution is -2.30. The van der Waals surface area contributed by atoms with Crippen molar-refractivity contribution in [1.29, 1.82) is 0 Å². The normalized spacial score (nSPS) is 9.44. The molecule has 1 aromatic carbocycles. The molecule has 0 saturated carbocycles. The molecule has 0 amide bonds. The summed E-state index contributed by atoms with van der Waals surface area (Å²) in [7, 11) is -1.81. The van der Waals surface area contributed by atoms with Gasteiger partial charge in [0, 0.05) is 10.6 Å². The van der Waals surface area contributed by atoms with Crippen molar-refractivity contribution in [2.24, 2.45) is 5.11 Å². The maximum Gasteiger partial charge on any atom is 0.488 e. The highest BCUT2D eigenvalue weighted by Gasteiger charge is 2.18. The first-order valence-electron chi connectivity index (χ1n) is 4.26. The van der Waals surface area contributed by atoms with Crippen LogP contribution in [-0.4, -0.2) is 28.2 Å². The minimum atomic E-state index is -1.81. The molecule has 3 N–H and O–H groups in total. The molecule has 0 aliphatic rings. The van der Waals surface area contributed by atoms with Crippen LogP contribution in [-0.2, 0) is 0 Å². The number of hydrogen-bond donors (Lipinski definition) is 3. The fourth-order valence-corrected chi connectivity index (χ4v) is 1.24. The number of azide groups is 1. The van der Waals surface area contributed by atoms with Gasteiger partial charge in [-0.1, -0.05) is 11.2 Å². The van der Waals surface area contributed by atoms with Crippen LogP contribution in [0.3, 0.4) is 0 Å². The quantitative estimate of drug-likeness (QED) is 0.293. The van der Waals surface area contributed by atoms with E-state index in [0.29, 0.717) is 0 Å². The van der Waals surface area contributed by atoms with Crippen molar-refractivity contribution in [1.82, 2.24) is 0 Å². The van der Waals surface area contributed by atoms with Crippen LogP contribution in [0.5, 0.6) is 0 Å². The molecular formula is C8H8BN3O4. The van der Waals surface area contributed by atoms with Gasteiger partial charge in [-0.25, -0.2) is 4.79 Å². The van der Waals surface area contributed by atoms with Crippen LogP contribution in [0.25, 0.3) is 10.4 Å². The van der Waals surface area contributed by atoms with Gasteiger partial charge < -0.3 is 15.2 Å². The summed E-state index contributed by atoms with van der Waals surface area (Å²) in [6.45, 7) is 1.47. The largest absolute Gasteiger partial charge is 0.488 e. The molecule has 1 rings (SSSR count). The molecule has 0 atom stereocenters. The minimum absolute atomic E-state index is 0.0367. The standard InChI is InChI=1S/C8H8BN3O4/c1-4-6(8(13)14)2-5(9(15)16)3-7(4)11-12-10/h2-3,15-16H,1H3,(H,13,14). The molecule has 0 fully saturated rings. The molecule has 16 heavy (non-hydrogen) atoms. The number of hydrogen-bond acceptors (Lipinski definition) is 4. The van der Waals surface area contributed by atoms with Gasteiger partial charge in [-0.3, -0.25) is 0 Å². The summed E-state index contributed by atoms with van der Waals surface area (Å²) in [6, 6.07) is 2.35. The Balaban J connectivity index is 3.50. The third kappa shape index (κ3) is 2.32. The highest BCUT2D eigenvalue weighted by atomic mass is 16.4. The summed E-state index contributed by atoms with van der Waals surface area (Å²) in [5, 5.41) is 30.0. The smallest absolute Gasteiger partial charge is 0.478 e. The summed E-state index contributed by atoms with van der Waals surface area (Å²) in [5.41, 5.74) is 8.45. The van der Waals surface area contributed by atoms with Crippen LogP contribution in [0.4, 0.5) is 5.69 Å². The summed E-state index contributed by atoms with van der Waals surface area (Å²) >= 11 is 0. The van der Waals surface area contributed by atoms with E-state index >= 15 is 0 Å². The lowest BCUT2D eigenvalue weighted by atomic mass is 9.78. The van der Waals surface area contributed by atoms with Crippen LogP contribution < -0.4 is 5.46 Å². The average Bonchev–Trinajstić information content (AvgIpc) is 2.20. The van der Waals surface area contributed by atoms with Crippen LogP contribution in [0.2, 0.25) is 0 Å². The Morgan fingerprint density at radius 1 is 1.50 bits per heavy atom. The SMILES string of the molecule is Cc1c(N=[N+]=[N-])cc(B(O)O)cc1C(=O)O. The molecule has 0 aliphatic heterocycles. The zero-order valence-corrected chi connectivity index (χ0v) is 8.32. The van der Waals surface area contributed by atoms with Gasteiger partial charge in [0.2, 0.25) is 0 Å². The Morgan fingerprint density at radius 2 is 2.12 bits per heavy atom. The van der Waals surface area contributed by atoms with E-state index in [1.807, 2.05) is 0 Å². The molecule has 0 aliphatic carbocycles. The van der Waals surface area contributed by atoms with Crippen molar-refractivity contribution in [3.05, 3.63) is 33.7 Å². The molecule has 1 aromatic rings. The molecular weight excluding hydrogens is 213 g/mol. The first kappa shape index (κ1) is 12.1. The van der Waals surface area contributed by atoms with Gasteiger partial charge in [0.05, 0.1) is 5.56 Å². The third-order valence-corrected chi connectivity index (χ3v) is 2.08. The van der Waals surface area contributed by atoms with Crippen LogP contribution >= 0.6 is 0 Å². The van der Waals surface area contributed by atoms with Gasteiger partial charge in [-0.15, -0.1) is 0 Å². The Bertz CT molecular complexity index is 459. The highest BCUT2D eigenvalue weighted by molar-refractivity contribution is 6.58. The maximum atomic E-state index is 10.9. The molecule has 0 saturated heterocycles. The zero-order valence-electron chi connectivity index (χ0n) is 8.32. The van der Waals surface area contributed by atoms with Gasteiger partial charge in [-0.05, 0) is 29.5 Å². The van der Waals surface area contributed by atoms with Gasteiger partial charge in [0.15, 0.2) is 0 Å². The second kappa shape index (κ2) is 4.67. The highest BCUT2D eigenvalue weighted by Crippen LogP contribution is 2.21. The van der Waals surface area contributed by atoms with Crippen LogP contribution in [0.15, 0.2) is 17.2 Å². The van der Waals surface area contributed by atoms with Crippen molar-refractivity contribution in [2.75, 3.05) is 0 Å². The topological polar surface area (TPSA) is 127 Å². The van der Waals surface area contributed by atoms with Gasteiger partial charge in [-0.2, -0.15) is 0 Å². The second-order valence-corrected chi connectivity index (χ2v) is 3.08. The van der Waals surface area contributed by atoms with E-state index in [0.717, 1.165) is 6.07 Å². The van der Waals surface area contributed by atoms with Gasteiger partial charge >= 0.3 is 13.1 Å². The molecule has 82 valence electrons. The predicted molar refractivity (Wildman–Crippen MR) is 56.8 cm³/mol. The maximum absolute atomic E-state index is 10.9. The Hall–Kier alpha value is -2.02. The molecule has 0 heterocycles. The monoisotopic (exact) mass is 221 g/mol. The van der Waals surface area contributed by atoms with E-state index in [2.05, 4.69) is 10.0 Å². The lowest BCUT2D eigenvalue weighted by Gasteiger charge is -2.08. The first-order valence-corrected chi connectivity index (χ1v) is 4.26. The Labute approximate surface area is 90.7 Å². The van der Waals surface area contributed by atoms with Crippen LogP contribution in [0.1, 0.15) is 15.9 Å². The number of nitrogens with zero attached hydrogens (tertiary/aromatic N) is 3. The number of carboxylic acid groups (broad SMARTS) is 1. The minimum Gasteiger partial charge on any atom is -0.478 e. The van der Waals surface area contributed by atoms with E-state index in [1.165, 1.54) is 13.0 Å². The van der Waals surface area contributed by atoms with E-state index in [4.69, 9.17) is 20.7 Å². The molecule has 7 nitrogen and oxygen atoms in total. The van der Waals surface area contributed by atoms with E-state index < -0.39 is 13.1 Å². The number of aromatic carboxylic acids is 1. The fraction of sp³-hybridized carbons (Fsp3) is 0.125. The van der Waals surface area contributed by atoms with E-state index in [-0.39, 0.29) is 22.3 Å². The zero-order chi connectivity index (χ0) is 12.3. The molecule has 0 spiro atoms. The van der Waals surface area contributed by atoms with Crippen molar-refractivity contribution in [2.45, 2.75) is 6.92 Å². The summed E-state index contributed by atoms with van der Waals surface area (Å²) in [4.78, 5) is 13.4. The summed E-state index contributed by atoms with van der Waals surface area (Å²) in [6.07, 6.45) is 0. The molecule has 0 radical (unpaired) electrons. The van der Waals surface area contributed by atoms with E-state index in [1.54, 1.807) is 0 Å². The van der Waals surface area contributed by atoms with Crippen LogP contribution in [0, 0.1) is 6.92 Å². The van der Waals surface area contributed by atoms with Crippen molar-refractivity contribution in [3.63, 3.8) is 0 Å². The predicted octanol–water partition coefficient (Wildman–Crippen LogP) is 0.315. The van der Waals surface area contributed by atoms with Gasteiger partial charge in [0.25, 0.3) is 0 Å². The molecule has 0 aromatic heterocycles. The van der Waals surface area contributed by atoms with Crippen molar-refractivity contribution < 1.29 is 19.9 Å². The second-order valence-electron chi connectivity index (χ2n) is 3.08. The van der Waals surface area contributed by atoms with Crippen molar-refractivity contribution in [3.8, 4) is 0 Å².